The van der Waals surface area contributed by atoms with Gasteiger partial charge in [0.25, 0.3) is 0 Å². The lowest BCUT2D eigenvalue weighted by Crippen LogP contribution is -2.39. The number of nitrogens with one attached hydrogen (secondary N) is 1. The van der Waals surface area contributed by atoms with Gasteiger partial charge in [0.15, 0.2) is 4.77 Å². The Labute approximate surface area is 114 Å². The highest BCUT2D eigenvalue weighted by molar-refractivity contribution is 9.10. The molecule has 2 aromatic rings. The van der Waals surface area contributed by atoms with Gasteiger partial charge in [0.05, 0.1) is 11.0 Å². The molecule has 1 aromatic heterocycles. The molecule has 0 saturated carbocycles. The third kappa shape index (κ3) is 2.02. The van der Waals surface area contributed by atoms with Crippen molar-refractivity contribution in [1.82, 2.24) is 9.66 Å². The number of aromatic amines is 1. The Kier molecular flexibility index (Phi) is 2.96. The summed E-state index contributed by atoms with van der Waals surface area (Å²) in [6.45, 7) is 2.19. The molecule has 1 N–H and O–H groups in total. The minimum Gasteiger partial charge on any atom is -0.329 e. The van der Waals surface area contributed by atoms with E-state index in [0.717, 1.165) is 27.8 Å². The molecule has 3 rings (SSSR count). The van der Waals surface area contributed by atoms with Crippen LogP contribution in [0.3, 0.4) is 0 Å². The molecule has 2 heterocycles. The maximum atomic E-state index is 5.43. The number of piperidine rings is 1. The van der Waals surface area contributed by atoms with Gasteiger partial charge in [-0.05, 0) is 49.7 Å². The van der Waals surface area contributed by atoms with Crippen LogP contribution in [0, 0.1) is 4.77 Å². The lowest BCUT2D eigenvalue weighted by Gasteiger charge is -2.29. The first-order chi connectivity index (χ1) is 8.25. The number of halogens is 1. The van der Waals surface area contributed by atoms with Gasteiger partial charge in [0.1, 0.15) is 0 Å². The van der Waals surface area contributed by atoms with Gasteiger partial charge in [0.2, 0.25) is 0 Å². The molecule has 0 atom stereocenters. The van der Waals surface area contributed by atoms with Gasteiger partial charge in [-0.15, -0.1) is 0 Å². The second-order valence-electron chi connectivity index (χ2n) is 4.42. The molecule has 90 valence electrons. The highest BCUT2D eigenvalue weighted by Gasteiger charge is 2.14. The van der Waals surface area contributed by atoms with Gasteiger partial charge in [-0.3, -0.25) is 0 Å². The second-order valence-corrected chi connectivity index (χ2v) is 5.72. The van der Waals surface area contributed by atoms with Gasteiger partial charge in [-0.1, -0.05) is 15.9 Å². The summed E-state index contributed by atoms with van der Waals surface area (Å²) in [5.74, 6) is 0. The van der Waals surface area contributed by atoms with Gasteiger partial charge < -0.3 is 9.99 Å². The lowest BCUT2D eigenvalue weighted by molar-refractivity contribution is 0.483. The van der Waals surface area contributed by atoms with Gasteiger partial charge >= 0.3 is 0 Å². The monoisotopic (exact) mass is 311 g/mol. The molecule has 0 bridgehead atoms. The number of rotatable bonds is 1. The molecule has 17 heavy (non-hydrogen) atoms. The number of hydrogen-bond donors (Lipinski definition) is 1. The van der Waals surface area contributed by atoms with Crippen LogP contribution in [0.4, 0.5) is 0 Å². The van der Waals surface area contributed by atoms with E-state index in [-0.39, 0.29) is 0 Å². The number of nitrogens with zero attached hydrogens (tertiary/aromatic N) is 2. The minimum absolute atomic E-state index is 0.792. The Morgan fingerprint density at radius 1 is 1.18 bits per heavy atom. The highest BCUT2D eigenvalue weighted by Crippen LogP contribution is 2.21. The minimum atomic E-state index is 0.792. The first kappa shape index (κ1) is 11.3. The fourth-order valence-electron chi connectivity index (χ4n) is 2.43. The predicted octanol–water partition coefficient (Wildman–Crippen LogP) is 3.58. The van der Waals surface area contributed by atoms with Crippen LogP contribution in [0.15, 0.2) is 22.7 Å². The summed E-state index contributed by atoms with van der Waals surface area (Å²) in [5, 5.41) is 2.35. The Balaban J connectivity index is 2.14. The first-order valence-electron chi connectivity index (χ1n) is 5.91. The maximum Gasteiger partial charge on any atom is 0.197 e. The molecule has 1 aliphatic heterocycles. The zero-order valence-corrected chi connectivity index (χ0v) is 11.9. The molecule has 1 saturated heterocycles. The summed E-state index contributed by atoms with van der Waals surface area (Å²) in [4.78, 5) is 3.27. The van der Waals surface area contributed by atoms with Crippen LogP contribution in [0.25, 0.3) is 11.0 Å². The van der Waals surface area contributed by atoms with Crippen molar-refractivity contribution in [3.8, 4) is 0 Å². The van der Waals surface area contributed by atoms with E-state index >= 15 is 0 Å². The van der Waals surface area contributed by atoms with E-state index in [0.29, 0.717) is 0 Å². The molecule has 3 nitrogen and oxygen atoms in total. The van der Waals surface area contributed by atoms with Crippen LogP contribution in [0.2, 0.25) is 0 Å². The fraction of sp³-hybridized carbons (Fsp3) is 0.417. The fourth-order valence-corrected chi connectivity index (χ4v) is 3.11. The molecule has 1 aromatic carbocycles. The second kappa shape index (κ2) is 4.46. The number of fused-ring (bicyclic) bond motifs is 1. The molecular formula is C12H14BrN3S. The van der Waals surface area contributed by atoms with Crippen molar-refractivity contribution < 1.29 is 0 Å². The average molecular weight is 312 g/mol. The summed E-state index contributed by atoms with van der Waals surface area (Å²) in [5.41, 5.74) is 2.26. The summed E-state index contributed by atoms with van der Waals surface area (Å²) in [6.07, 6.45) is 3.84. The summed E-state index contributed by atoms with van der Waals surface area (Å²) >= 11 is 8.91. The third-order valence-corrected chi connectivity index (χ3v) is 4.00. The number of imidazole rings is 1. The molecule has 0 aliphatic carbocycles. The van der Waals surface area contributed by atoms with E-state index in [1.165, 1.54) is 24.8 Å². The Bertz CT molecular complexity index is 595. The Morgan fingerprint density at radius 3 is 2.71 bits per heavy atom. The topological polar surface area (TPSA) is 24.0 Å². The molecule has 1 fully saturated rings. The number of H-pyrrole nitrogens is 1. The molecule has 1 aliphatic rings. The summed E-state index contributed by atoms with van der Waals surface area (Å²) < 4.78 is 4.02. The van der Waals surface area contributed by atoms with Crippen molar-refractivity contribution in [2.75, 3.05) is 18.1 Å². The summed E-state index contributed by atoms with van der Waals surface area (Å²) in [6, 6.07) is 6.25. The Hall–Kier alpha value is -0.810. The van der Waals surface area contributed by atoms with E-state index in [4.69, 9.17) is 12.2 Å². The molecule has 0 radical (unpaired) electrons. The zero-order chi connectivity index (χ0) is 11.8. The molecule has 0 amide bonds. The van der Waals surface area contributed by atoms with Crippen LogP contribution in [0.5, 0.6) is 0 Å². The van der Waals surface area contributed by atoms with Gasteiger partial charge in [-0.2, -0.15) is 0 Å². The number of benzene rings is 1. The summed E-state index contributed by atoms with van der Waals surface area (Å²) in [7, 11) is 0. The number of aromatic nitrogens is 2. The van der Waals surface area contributed by atoms with Crippen LogP contribution in [-0.2, 0) is 0 Å². The van der Waals surface area contributed by atoms with E-state index in [1.54, 1.807) is 0 Å². The SMILES string of the molecule is S=c1[nH]c2cc(Br)ccc2n1N1CCCCC1. The maximum absolute atomic E-state index is 5.43. The largest absolute Gasteiger partial charge is 0.329 e. The molecule has 0 unspecified atom stereocenters. The zero-order valence-electron chi connectivity index (χ0n) is 9.45. The van der Waals surface area contributed by atoms with Gasteiger partial charge in [-0.25, -0.2) is 4.68 Å². The normalized spacial score (nSPS) is 16.6. The quantitative estimate of drug-likeness (QED) is 0.814. The van der Waals surface area contributed by atoms with Crippen molar-refractivity contribution >= 4 is 39.2 Å². The number of hydrogen-bond acceptors (Lipinski definition) is 2. The van der Waals surface area contributed by atoms with E-state index in [9.17, 15) is 0 Å². The van der Waals surface area contributed by atoms with Crippen LogP contribution < -0.4 is 5.01 Å². The average Bonchev–Trinajstić information content (AvgIpc) is 2.65. The van der Waals surface area contributed by atoms with Crippen molar-refractivity contribution in [2.24, 2.45) is 0 Å². The van der Waals surface area contributed by atoms with E-state index in [1.807, 2.05) is 0 Å². The standard InChI is InChI=1S/C12H14BrN3S/c13-9-4-5-11-10(8-9)14-12(17)16(11)15-6-2-1-3-7-15/h4-5,8H,1-3,6-7H2,(H,14,17). The molecule has 0 spiro atoms. The third-order valence-electron chi connectivity index (χ3n) is 3.24. The first-order valence-corrected chi connectivity index (χ1v) is 7.11. The smallest absolute Gasteiger partial charge is 0.197 e. The van der Waals surface area contributed by atoms with Crippen LogP contribution >= 0.6 is 28.1 Å². The predicted molar refractivity (Wildman–Crippen MR) is 76.6 cm³/mol. The van der Waals surface area contributed by atoms with Crippen LogP contribution in [-0.4, -0.2) is 22.7 Å². The highest BCUT2D eigenvalue weighted by atomic mass is 79.9. The van der Waals surface area contributed by atoms with E-state index in [2.05, 4.69) is 48.8 Å². The van der Waals surface area contributed by atoms with Crippen LogP contribution in [0.1, 0.15) is 19.3 Å². The van der Waals surface area contributed by atoms with Crippen molar-refractivity contribution in [2.45, 2.75) is 19.3 Å². The van der Waals surface area contributed by atoms with Crippen molar-refractivity contribution in [1.29, 1.82) is 0 Å². The Morgan fingerprint density at radius 2 is 1.94 bits per heavy atom. The van der Waals surface area contributed by atoms with Crippen molar-refractivity contribution in [3.05, 3.63) is 27.4 Å². The molecular weight excluding hydrogens is 298 g/mol. The van der Waals surface area contributed by atoms with Gasteiger partial charge in [0, 0.05) is 17.6 Å². The molecule has 5 heteroatoms. The van der Waals surface area contributed by atoms with Crippen molar-refractivity contribution in [3.63, 3.8) is 0 Å². The van der Waals surface area contributed by atoms with E-state index < -0.39 is 0 Å². The lowest BCUT2D eigenvalue weighted by atomic mass is 10.2.